The minimum atomic E-state index is -3.69. The van der Waals surface area contributed by atoms with Crippen molar-refractivity contribution in [3.8, 4) is 0 Å². The zero-order valence-corrected chi connectivity index (χ0v) is 20.5. The van der Waals surface area contributed by atoms with Crippen LogP contribution >= 0.6 is 0 Å². The standard InChI is InChI=1S/C30H30O2S/c1-21-5-11-25(12-6-21)19-27-17-23(3)9-15-29(27)33(31,32)30-16-10-24(4)18-28(30)20-26-13-7-22(2)8-14-26/h5-18H,19-20H2,1-4H3. The molecule has 0 saturated carbocycles. The Morgan fingerprint density at radius 1 is 0.485 bits per heavy atom. The molecule has 0 fully saturated rings. The highest BCUT2D eigenvalue weighted by Gasteiger charge is 2.24. The third-order valence-corrected chi connectivity index (χ3v) is 8.00. The first kappa shape index (κ1) is 23.0. The van der Waals surface area contributed by atoms with E-state index in [1.54, 1.807) is 12.1 Å². The first-order valence-corrected chi connectivity index (χ1v) is 12.8. The van der Waals surface area contributed by atoms with E-state index in [0.717, 1.165) is 33.4 Å². The number of rotatable bonds is 6. The van der Waals surface area contributed by atoms with Crippen LogP contribution in [0.5, 0.6) is 0 Å². The van der Waals surface area contributed by atoms with Crippen LogP contribution in [0.4, 0.5) is 0 Å². The number of sulfone groups is 1. The van der Waals surface area contributed by atoms with E-state index in [9.17, 15) is 8.42 Å². The van der Waals surface area contributed by atoms with E-state index < -0.39 is 9.84 Å². The van der Waals surface area contributed by atoms with Crippen LogP contribution < -0.4 is 0 Å². The Hall–Kier alpha value is -3.17. The Morgan fingerprint density at radius 3 is 1.18 bits per heavy atom. The molecule has 0 bridgehead atoms. The van der Waals surface area contributed by atoms with E-state index in [0.29, 0.717) is 22.6 Å². The maximum Gasteiger partial charge on any atom is 0.207 e. The topological polar surface area (TPSA) is 34.1 Å². The Bertz CT molecular complexity index is 1280. The molecule has 0 amide bonds. The lowest BCUT2D eigenvalue weighted by Crippen LogP contribution is -2.10. The minimum Gasteiger partial charge on any atom is -0.218 e. The maximum atomic E-state index is 14.0. The second-order valence-electron chi connectivity index (χ2n) is 9.05. The molecule has 4 rings (SSSR count). The van der Waals surface area contributed by atoms with Crippen molar-refractivity contribution in [3.05, 3.63) is 129 Å². The van der Waals surface area contributed by atoms with Gasteiger partial charge in [0.25, 0.3) is 0 Å². The van der Waals surface area contributed by atoms with Gasteiger partial charge in [-0.05, 0) is 74.9 Å². The van der Waals surface area contributed by atoms with Gasteiger partial charge in [-0.3, -0.25) is 0 Å². The van der Waals surface area contributed by atoms with Gasteiger partial charge in [-0.25, -0.2) is 8.42 Å². The summed E-state index contributed by atoms with van der Waals surface area (Å²) in [6, 6.07) is 27.9. The van der Waals surface area contributed by atoms with Crippen molar-refractivity contribution < 1.29 is 8.42 Å². The molecule has 0 heterocycles. The van der Waals surface area contributed by atoms with E-state index in [2.05, 4.69) is 62.4 Å². The summed E-state index contributed by atoms with van der Waals surface area (Å²) >= 11 is 0. The first-order chi connectivity index (χ1) is 15.7. The normalized spacial score (nSPS) is 11.5. The molecule has 0 aliphatic rings. The molecule has 0 saturated heterocycles. The molecular weight excluding hydrogens is 424 g/mol. The monoisotopic (exact) mass is 454 g/mol. The molecule has 2 nitrogen and oxygen atoms in total. The molecule has 0 radical (unpaired) electrons. The average Bonchev–Trinajstić information content (AvgIpc) is 2.77. The van der Waals surface area contributed by atoms with Gasteiger partial charge in [0.2, 0.25) is 9.84 Å². The van der Waals surface area contributed by atoms with Crippen LogP contribution in [0, 0.1) is 27.7 Å². The summed E-state index contributed by atoms with van der Waals surface area (Å²) in [5, 5.41) is 0. The quantitative estimate of drug-likeness (QED) is 0.316. The SMILES string of the molecule is Cc1ccc(Cc2cc(C)ccc2S(=O)(=O)c2ccc(C)cc2Cc2ccc(C)cc2)cc1. The summed E-state index contributed by atoms with van der Waals surface area (Å²) < 4.78 is 28.0. The Morgan fingerprint density at radius 2 is 0.818 bits per heavy atom. The summed E-state index contributed by atoms with van der Waals surface area (Å²) in [6.45, 7) is 8.12. The molecule has 0 aliphatic heterocycles. The molecule has 4 aromatic rings. The van der Waals surface area contributed by atoms with Crippen LogP contribution in [-0.2, 0) is 22.7 Å². The lowest BCUT2D eigenvalue weighted by atomic mass is 10.0. The third-order valence-electron chi connectivity index (χ3n) is 6.04. The minimum absolute atomic E-state index is 0.391. The van der Waals surface area contributed by atoms with E-state index in [1.165, 1.54) is 11.1 Å². The van der Waals surface area contributed by atoms with E-state index in [1.807, 2.05) is 38.1 Å². The number of hydrogen-bond acceptors (Lipinski definition) is 2. The number of benzene rings is 4. The number of hydrogen-bond donors (Lipinski definition) is 0. The van der Waals surface area contributed by atoms with Gasteiger partial charge >= 0.3 is 0 Å². The predicted molar refractivity (Wildman–Crippen MR) is 136 cm³/mol. The molecule has 0 aliphatic carbocycles. The summed E-state index contributed by atoms with van der Waals surface area (Å²) in [7, 11) is -3.69. The Kier molecular flexibility index (Phi) is 6.53. The summed E-state index contributed by atoms with van der Waals surface area (Å²) in [5.41, 5.74) is 8.37. The van der Waals surface area contributed by atoms with Crippen LogP contribution in [0.1, 0.15) is 44.5 Å². The highest BCUT2D eigenvalue weighted by Crippen LogP contribution is 2.31. The van der Waals surface area contributed by atoms with Crippen LogP contribution in [-0.4, -0.2) is 8.42 Å². The van der Waals surface area contributed by atoms with Crippen LogP contribution in [0.2, 0.25) is 0 Å². The zero-order chi connectivity index (χ0) is 23.6. The fraction of sp³-hybridized carbons (Fsp3) is 0.200. The maximum absolute atomic E-state index is 14.0. The smallest absolute Gasteiger partial charge is 0.207 e. The van der Waals surface area contributed by atoms with Crippen molar-refractivity contribution in [2.75, 3.05) is 0 Å². The highest BCUT2D eigenvalue weighted by molar-refractivity contribution is 7.91. The molecule has 4 aromatic carbocycles. The van der Waals surface area contributed by atoms with Crippen molar-refractivity contribution in [1.82, 2.24) is 0 Å². The Labute approximate surface area is 197 Å². The van der Waals surface area contributed by atoms with Gasteiger partial charge < -0.3 is 0 Å². The first-order valence-electron chi connectivity index (χ1n) is 11.3. The lowest BCUT2D eigenvalue weighted by molar-refractivity contribution is 0.594. The second kappa shape index (κ2) is 9.36. The van der Waals surface area contributed by atoms with Gasteiger partial charge in [0.1, 0.15) is 0 Å². The van der Waals surface area contributed by atoms with E-state index >= 15 is 0 Å². The molecule has 0 unspecified atom stereocenters. The Balaban J connectivity index is 1.79. The van der Waals surface area contributed by atoms with Gasteiger partial charge in [-0.1, -0.05) is 95.1 Å². The molecule has 0 atom stereocenters. The predicted octanol–water partition coefficient (Wildman–Crippen LogP) is 6.93. The van der Waals surface area contributed by atoms with Crippen LogP contribution in [0.25, 0.3) is 0 Å². The van der Waals surface area contributed by atoms with Crippen molar-refractivity contribution in [3.63, 3.8) is 0 Å². The zero-order valence-electron chi connectivity index (χ0n) is 19.7. The van der Waals surface area contributed by atoms with Gasteiger partial charge in [0, 0.05) is 0 Å². The van der Waals surface area contributed by atoms with Crippen molar-refractivity contribution in [2.45, 2.75) is 50.3 Å². The van der Waals surface area contributed by atoms with Crippen molar-refractivity contribution in [2.24, 2.45) is 0 Å². The van der Waals surface area contributed by atoms with Crippen molar-refractivity contribution >= 4 is 9.84 Å². The molecule has 0 spiro atoms. The average molecular weight is 455 g/mol. The molecule has 0 N–H and O–H groups in total. The van der Waals surface area contributed by atoms with E-state index in [4.69, 9.17) is 0 Å². The summed E-state index contributed by atoms with van der Waals surface area (Å²) in [6.07, 6.45) is 1.16. The van der Waals surface area contributed by atoms with Gasteiger partial charge in [0.05, 0.1) is 9.79 Å². The number of aryl methyl sites for hydroxylation is 4. The van der Waals surface area contributed by atoms with Gasteiger partial charge in [-0.15, -0.1) is 0 Å². The fourth-order valence-corrected chi connectivity index (χ4v) is 5.87. The van der Waals surface area contributed by atoms with Crippen LogP contribution in [0.3, 0.4) is 0 Å². The largest absolute Gasteiger partial charge is 0.218 e. The fourth-order valence-electron chi connectivity index (χ4n) is 4.19. The van der Waals surface area contributed by atoms with Gasteiger partial charge in [-0.2, -0.15) is 0 Å². The second-order valence-corrected chi connectivity index (χ2v) is 10.9. The van der Waals surface area contributed by atoms with Gasteiger partial charge in [0.15, 0.2) is 0 Å². The molecule has 3 heteroatoms. The van der Waals surface area contributed by atoms with Crippen molar-refractivity contribution in [1.29, 1.82) is 0 Å². The lowest BCUT2D eigenvalue weighted by Gasteiger charge is -2.16. The summed E-state index contributed by atoms with van der Waals surface area (Å²) in [5.74, 6) is 0. The van der Waals surface area contributed by atoms with E-state index in [-0.39, 0.29) is 0 Å². The summed E-state index contributed by atoms with van der Waals surface area (Å²) in [4.78, 5) is 0.783. The molecule has 33 heavy (non-hydrogen) atoms. The molecular formula is C30H30O2S. The van der Waals surface area contributed by atoms with Crippen LogP contribution in [0.15, 0.2) is 94.7 Å². The third kappa shape index (κ3) is 5.26. The molecule has 0 aromatic heterocycles. The highest BCUT2D eigenvalue weighted by atomic mass is 32.2. The molecule has 168 valence electrons.